The zero-order valence-corrected chi connectivity index (χ0v) is 16.6. The van der Waals surface area contributed by atoms with Gasteiger partial charge in [-0.25, -0.2) is 9.18 Å². The minimum atomic E-state index is -0.965. The largest absolute Gasteiger partial charge is 0.449 e. The van der Waals surface area contributed by atoms with Crippen LogP contribution in [0.25, 0.3) is 6.08 Å². The number of hydrogen-bond acceptors (Lipinski definition) is 3. The first-order valence-electron chi connectivity index (χ1n) is 9.04. The monoisotopic (exact) mass is 403 g/mol. The van der Waals surface area contributed by atoms with E-state index in [1.807, 2.05) is 37.3 Å². The predicted octanol–water partition coefficient (Wildman–Crippen LogP) is 4.56. The van der Waals surface area contributed by atoms with E-state index in [-0.39, 0.29) is 22.5 Å². The van der Waals surface area contributed by atoms with Gasteiger partial charge >= 0.3 is 5.97 Å². The molecule has 0 unspecified atom stereocenters. The smallest absolute Gasteiger partial charge is 0.331 e. The average Bonchev–Trinajstić information content (AvgIpc) is 2.66. The molecule has 0 fully saturated rings. The molecule has 6 heteroatoms. The van der Waals surface area contributed by atoms with Crippen LogP contribution in [0.5, 0.6) is 0 Å². The topological polar surface area (TPSA) is 55.4 Å². The van der Waals surface area contributed by atoms with Gasteiger partial charge < -0.3 is 10.1 Å². The molecule has 2 aromatic carbocycles. The number of ether oxygens (including phenoxy) is 1. The molecule has 0 aliphatic carbocycles. The minimum Gasteiger partial charge on any atom is -0.449 e. The molecule has 2 rings (SSSR count). The Hall–Kier alpha value is -2.66. The summed E-state index contributed by atoms with van der Waals surface area (Å²) in [5.74, 6) is -1.68. The van der Waals surface area contributed by atoms with Gasteiger partial charge in [0.25, 0.3) is 5.91 Å². The summed E-state index contributed by atoms with van der Waals surface area (Å²) in [6.07, 6.45) is 2.91. The Morgan fingerprint density at radius 2 is 1.86 bits per heavy atom. The number of hydrogen-bond donors (Lipinski definition) is 1. The Morgan fingerprint density at radius 1 is 1.14 bits per heavy atom. The summed E-state index contributed by atoms with van der Waals surface area (Å²) in [5, 5.41) is 3.01. The Kier molecular flexibility index (Phi) is 8.20. The van der Waals surface area contributed by atoms with Crippen LogP contribution in [-0.4, -0.2) is 24.0 Å². The second-order valence-corrected chi connectivity index (χ2v) is 6.89. The van der Waals surface area contributed by atoms with Crippen molar-refractivity contribution in [2.75, 3.05) is 0 Å². The van der Waals surface area contributed by atoms with Crippen LogP contribution >= 0.6 is 11.6 Å². The number of amides is 1. The maximum Gasteiger partial charge on any atom is 0.331 e. The molecule has 28 heavy (non-hydrogen) atoms. The number of nitrogens with one attached hydrogen (secondary N) is 1. The molecule has 0 saturated heterocycles. The first-order valence-corrected chi connectivity index (χ1v) is 9.41. The van der Waals surface area contributed by atoms with Gasteiger partial charge in [0, 0.05) is 17.7 Å². The molecule has 0 aromatic heterocycles. The molecule has 4 nitrogen and oxygen atoms in total. The summed E-state index contributed by atoms with van der Waals surface area (Å²) in [7, 11) is 0. The second kappa shape index (κ2) is 10.6. The van der Waals surface area contributed by atoms with Crippen LogP contribution in [0.3, 0.4) is 0 Å². The van der Waals surface area contributed by atoms with Crippen LogP contribution in [0.2, 0.25) is 5.02 Å². The van der Waals surface area contributed by atoms with Crippen molar-refractivity contribution in [2.24, 2.45) is 0 Å². The molecule has 0 radical (unpaired) electrons. The van der Waals surface area contributed by atoms with E-state index in [0.717, 1.165) is 18.9 Å². The molecule has 1 amide bonds. The molecule has 0 saturated carbocycles. The molecule has 0 spiro atoms. The summed E-state index contributed by atoms with van der Waals surface area (Å²) >= 11 is 5.89. The van der Waals surface area contributed by atoms with Crippen molar-refractivity contribution in [2.45, 2.75) is 38.8 Å². The summed E-state index contributed by atoms with van der Waals surface area (Å²) in [6.45, 7) is 3.39. The van der Waals surface area contributed by atoms with Gasteiger partial charge in [0.15, 0.2) is 6.10 Å². The standard InChI is InChI=1S/C22H23ClFNO3/c1-15(11-12-17-7-4-3-5-8-17)25-22(27)16(2)28-21(26)14-13-18-19(23)9-6-10-20(18)24/h3-10,13-16H,11-12H2,1-2H3,(H,25,27)/b14-13+/t15-,16+/m0/s1. The molecular formula is C22H23ClFNO3. The van der Waals surface area contributed by atoms with E-state index in [1.165, 1.54) is 36.8 Å². The Balaban J connectivity index is 1.80. The van der Waals surface area contributed by atoms with Gasteiger partial charge in [-0.2, -0.15) is 0 Å². The van der Waals surface area contributed by atoms with Crippen molar-refractivity contribution in [3.63, 3.8) is 0 Å². The predicted molar refractivity (Wildman–Crippen MR) is 108 cm³/mol. The lowest BCUT2D eigenvalue weighted by Gasteiger charge is -2.17. The van der Waals surface area contributed by atoms with Crippen molar-refractivity contribution in [3.05, 3.63) is 76.6 Å². The minimum absolute atomic E-state index is 0.0679. The van der Waals surface area contributed by atoms with E-state index in [1.54, 1.807) is 0 Å². The molecular weight excluding hydrogens is 381 g/mol. The summed E-state index contributed by atoms with van der Waals surface area (Å²) < 4.78 is 18.8. The van der Waals surface area contributed by atoms with Crippen molar-refractivity contribution < 1.29 is 18.7 Å². The zero-order chi connectivity index (χ0) is 20.5. The van der Waals surface area contributed by atoms with Crippen LogP contribution in [-0.2, 0) is 20.7 Å². The highest BCUT2D eigenvalue weighted by Crippen LogP contribution is 2.20. The third-order valence-corrected chi connectivity index (χ3v) is 4.48. The molecule has 1 N–H and O–H groups in total. The lowest BCUT2D eigenvalue weighted by Crippen LogP contribution is -2.40. The number of benzene rings is 2. The average molecular weight is 404 g/mol. The summed E-state index contributed by atoms with van der Waals surface area (Å²) in [6, 6.07) is 14.1. The Morgan fingerprint density at radius 3 is 2.54 bits per heavy atom. The molecule has 148 valence electrons. The van der Waals surface area contributed by atoms with E-state index >= 15 is 0 Å². The number of rotatable bonds is 8. The van der Waals surface area contributed by atoms with Gasteiger partial charge in [-0.1, -0.05) is 48.0 Å². The van der Waals surface area contributed by atoms with Gasteiger partial charge in [0.1, 0.15) is 5.82 Å². The molecule has 0 aliphatic heterocycles. The molecule has 0 bridgehead atoms. The number of carbonyl (C=O) groups excluding carboxylic acids is 2. The molecule has 0 heterocycles. The maximum absolute atomic E-state index is 13.7. The number of carbonyl (C=O) groups is 2. The highest BCUT2D eigenvalue weighted by Gasteiger charge is 2.18. The molecule has 2 atom stereocenters. The normalized spacial score (nSPS) is 13.1. The fourth-order valence-electron chi connectivity index (χ4n) is 2.55. The van der Waals surface area contributed by atoms with Gasteiger partial charge in [-0.15, -0.1) is 0 Å². The maximum atomic E-state index is 13.7. The van der Waals surface area contributed by atoms with Crippen LogP contribution in [0, 0.1) is 5.82 Å². The van der Waals surface area contributed by atoms with E-state index in [9.17, 15) is 14.0 Å². The van der Waals surface area contributed by atoms with E-state index < -0.39 is 17.9 Å². The lowest BCUT2D eigenvalue weighted by molar-refractivity contribution is -0.150. The fourth-order valence-corrected chi connectivity index (χ4v) is 2.77. The second-order valence-electron chi connectivity index (χ2n) is 6.48. The van der Waals surface area contributed by atoms with Crippen molar-refractivity contribution in [1.29, 1.82) is 0 Å². The zero-order valence-electron chi connectivity index (χ0n) is 15.8. The summed E-state index contributed by atoms with van der Waals surface area (Å²) in [4.78, 5) is 24.1. The van der Waals surface area contributed by atoms with Gasteiger partial charge in [0.05, 0.1) is 5.02 Å². The Bertz CT molecular complexity index is 819. The highest BCUT2D eigenvalue weighted by atomic mass is 35.5. The Labute approximate surface area is 169 Å². The third-order valence-electron chi connectivity index (χ3n) is 4.15. The van der Waals surface area contributed by atoms with Crippen LogP contribution in [0.15, 0.2) is 54.6 Å². The van der Waals surface area contributed by atoms with E-state index in [2.05, 4.69) is 5.32 Å². The van der Waals surface area contributed by atoms with Crippen molar-refractivity contribution >= 4 is 29.6 Å². The first-order chi connectivity index (χ1) is 13.4. The van der Waals surface area contributed by atoms with Crippen LogP contribution in [0.1, 0.15) is 31.4 Å². The van der Waals surface area contributed by atoms with Crippen LogP contribution < -0.4 is 5.32 Å². The quantitative estimate of drug-likeness (QED) is 0.519. The van der Waals surface area contributed by atoms with Crippen molar-refractivity contribution in [1.82, 2.24) is 5.32 Å². The lowest BCUT2D eigenvalue weighted by atomic mass is 10.1. The van der Waals surface area contributed by atoms with Crippen LogP contribution in [0.4, 0.5) is 4.39 Å². The van der Waals surface area contributed by atoms with Gasteiger partial charge in [0.2, 0.25) is 0 Å². The first kappa shape index (κ1) is 21.6. The fraction of sp³-hybridized carbons (Fsp3) is 0.273. The van der Waals surface area contributed by atoms with E-state index in [4.69, 9.17) is 16.3 Å². The number of halogens is 2. The number of aryl methyl sites for hydroxylation is 1. The molecule has 0 aliphatic rings. The molecule has 2 aromatic rings. The van der Waals surface area contributed by atoms with Gasteiger partial charge in [-0.3, -0.25) is 4.79 Å². The SMILES string of the molecule is C[C@@H](CCc1ccccc1)NC(=O)[C@@H](C)OC(=O)/C=C/c1c(F)cccc1Cl. The van der Waals surface area contributed by atoms with Gasteiger partial charge in [-0.05, 0) is 50.5 Å². The summed E-state index contributed by atoms with van der Waals surface area (Å²) in [5.41, 5.74) is 1.28. The van der Waals surface area contributed by atoms with E-state index in [0.29, 0.717) is 0 Å². The number of esters is 1. The van der Waals surface area contributed by atoms with Crippen molar-refractivity contribution in [3.8, 4) is 0 Å². The highest BCUT2D eigenvalue weighted by molar-refractivity contribution is 6.32. The third kappa shape index (κ3) is 6.82.